The number of halogens is 1. The second-order valence-corrected chi connectivity index (χ2v) is 3.98. The van der Waals surface area contributed by atoms with Gasteiger partial charge < -0.3 is 5.32 Å². The molecule has 0 bridgehead atoms. The predicted octanol–water partition coefficient (Wildman–Crippen LogP) is 3.65. The Morgan fingerprint density at radius 2 is 2.38 bits per heavy atom. The van der Waals surface area contributed by atoms with Crippen LogP contribution in [-0.4, -0.2) is 6.54 Å². The third-order valence-corrected chi connectivity index (χ3v) is 2.96. The molecule has 1 atom stereocenters. The van der Waals surface area contributed by atoms with Gasteiger partial charge in [-0.15, -0.1) is 0 Å². The van der Waals surface area contributed by atoms with Crippen molar-refractivity contribution >= 4 is 17.3 Å². The molecule has 0 amide bonds. The average Bonchev–Trinajstić information content (AvgIpc) is 2.51. The van der Waals surface area contributed by atoms with Crippen LogP contribution in [0.3, 0.4) is 0 Å². The van der Waals surface area contributed by atoms with Crippen LogP contribution >= 0.6 is 11.6 Å². The summed E-state index contributed by atoms with van der Waals surface area (Å²) in [7, 11) is 0. The minimum atomic E-state index is 0.665. The molecule has 1 heterocycles. The number of fused-ring (bicyclic) bond motifs is 1. The predicted molar refractivity (Wildman–Crippen MR) is 57.6 cm³/mol. The van der Waals surface area contributed by atoms with E-state index < -0.39 is 0 Å². The summed E-state index contributed by atoms with van der Waals surface area (Å²) in [5.41, 5.74) is 2.55. The van der Waals surface area contributed by atoms with E-state index in [-0.39, 0.29) is 0 Å². The molecular weight excluding hydrogens is 182 g/mol. The van der Waals surface area contributed by atoms with Gasteiger partial charge >= 0.3 is 0 Å². The van der Waals surface area contributed by atoms with Crippen LogP contribution in [0.15, 0.2) is 18.2 Å². The van der Waals surface area contributed by atoms with Crippen LogP contribution < -0.4 is 5.32 Å². The molecule has 1 aromatic rings. The minimum absolute atomic E-state index is 0.665. The summed E-state index contributed by atoms with van der Waals surface area (Å²) < 4.78 is 0. The van der Waals surface area contributed by atoms with Gasteiger partial charge in [0, 0.05) is 12.5 Å². The van der Waals surface area contributed by atoms with E-state index in [2.05, 4.69) is 18.3 Å². The topological polar surface area (TPSA) is 12.0 Å². The molecular formula is C11H14ClN. The lowest BCUT2D eigenvalue weighted by atomic mass is 9.97. The molecule has 1 aromatic carbocycles. The normalized spacial score (nSPS) is 19.7. The van der Waals surface area contributed by atoms with Crippen molar-refractivity contribution in [2.75, 3.05) is 11.9 Å². The zero-order valence-electron chi connectivity index (χ0n) is 7.81. The van der Waals surface area contributed by atoms with Crippen molar-refractivity contribution in [2.45, 2.75) is 25.7 Å². The lowest BCUT2D eigenvalue weighted by molar-refractivity contribution is 0.661. The first-order valence-electron chi connectivity index (χ1n) is 4.85. The largest absolute Gasteiger partial charge is 0.383 e. The molecule has 1 N–H and O–H groups in total. The second kappa shape index (κ2) is 3.59. The molecule has 0 fully saturated rings. The molecule has 0 radical (unpaired) electrons. The van der Waals surface area contributed by atoms with Crippen molar-refractivity contribution in [3.05, 3.63) is 28.8 Å². The number of para-hydroxylation sites is 1. The fraction of sp³-hybridized carbons (Fsp3) is 0.455. The zero-order chi connectivity index (χ0) is 9.26. The lowest BCUT2D eigenvalue weighted by Crippen LogP contribution is -2.00. The SMILES string of the molecule is CCC[C@@H]1CNc2c(Cl)cccc21. The highest BCUT2D eigenvalue weighted by Crippen LogP contribution is 2.38. The third-order valence-electron chi connectivity index (χ3n) is 2.65. The van der Waals surface area contributed by atoms with Crippen LogP contribution in [0.25, 0.3) is 0 Å². The zero-order valence-corrected chi connectivity index (χ0v) is 8.56. The van der Waals surface area contributed by atoms with Gasteiger partial charge in [0.25, 0.3) is 0 Å². The first kappa shape index (κ1) is 8.89. The van der Waals surface area contributed by atoms with Crippen molar-refractivity contribution in [2.24, 2.45) is 0 Å². The molecule has 2 rings (SSSR count). The van der Waals surface area contributed by atoms with Crippen molar-refractivity contribution in [3.63, 3.8) is 0 Å². The number of hydrogen-bond donors (Lipinski definition) is 1. The van der Waals surface area contributed by atoms with E-state index >= 15 is 0 Å². The molecule has 13 heavy (non-hydrogen) atoms. The molecule has 0 saturated carbocycles. The van der Waals surface area contributed by atoms with Crippen molar-refractivity contribution in [3.8, 4) is 0 Å². The lowest BCUT2D eigenvalue weighted by Gasteiger charge is -2.07. The van der Waals surface area contributed by atoms with E-state index in [1.54, 1.807) is 0 Å². The van der Waals surface area contributed by atoms with Crippen LogP contribution in [0.4, 0.5) is 5.69 Å². The number of nitrogens with one attached hydrogen (secondary N) is 1. The molecule has 0 saturated heterocycles. The Labute approximate surface area is 84.1 Å². The van der Waals surface area contributed by atoms with E-state index in [9.17, 15) is 0 Å². The fourth-order valence-electron chi connectivity index (χ4n) is 2.01. The van der Waals surface area contributed by atoms with Crippen LogP contribution in [0.1, 0.15) is 31.2 Å². The smallest absolute Gasteiger partial charge is 0.0640 e. The Kier molecular flexibility index (Phi) is 2.45. The Balaban J connectivity index is 2.32. The quantitative estimate of drug-likeness (QED) is 0.760. The second-order valence-electron chi connectivity index (χ2n) is 3.57. The number of hydrogen-bond acceptors (Lipinski definition) is 1. The summed E-state index contributed by atoms with van der Waals surface area (Å²) in [5, 5.41) is 4.23. The van der Waals surface area contributed by atoms with Crippen molar-refractivity contribution < 1.29 is 0 Å². The number of benzene rings is 1. The highest BCUT2D eigenvalue weighted by Gasteiger charge is 2.22. The highest BCUT2D eigenvalue weighted by molar-refractivity contribution is 6.33. The summed E-state index contributed by atoms with van der Waals surface area (Å²) in [4.78, 5) is 0. The number of anilines is 1. The number of rotatable bonds is 2. The van der Waals surface area contributed by atoms with Gasteiger partial charge in [-0.25, -0.2) is 0 Å². The Bertz CT molecular complexity index is 309. The van der Waals surface area contributed by atoms with Crippen LogP contribution in [0, 0.1) is 0 Å². The molecule has 1 nitrogen and oxygen atoms in total. The van der Waals surface area contributed by atoms with Crippen molar-refractivity contribution in [1.29, 1.82) is 0 Å². The van der Waals surface area contributed by atoms with Crippen molar-refractivity contribution in [1.82, 2.24) is 0 Å². The Morgan fingerprint density at radius 1 is 1.54 bits per heavy atom. The monoisotopic (exact) mass is 195 g/mol. The van der Waals surface area contributed by atoms with E-state index in [0.717, 1.165) is 17.3 Å². The maximum Gasteiger partial charge on any atom is 0.0640 e. The highest BCUT2D eigenvalue weighted by atomic mass is 35.5. The molecule has 0 aromatic heterocycles. The Hall–Kier alpha value is -0.690. The van der Waals surface area contributed by atoms with Crippen LogP contribution in [-0.2, 0) is 0 Å². The molecule has 2 heteroatoms. The molecule has 0 aliphatic carbocycles. The van der Waals surface area contributed by atoms with Gasteiger partial charge in [0.05, 0.1) is 10.7 Å². The average molecular weight is 196 g/mol. The molecule has 0 spiro atoms. The van der Waals surface area contributed by atoms with Gasteiger partial charge in [-0.3, -0.25) is 0 Å². The van der Waals surface area contributed by atoms with Gasteiger partial charge in [0.2, 0.25) is 0 Å². The molecule has 70 valence electrons. The summed E-state index contributed by atoms with van der Waals surface area (Å²) in [6.45, 7) is 3.27. The van der Waals surface area contributed by atoms with E-state index in [1.165, 1.54) is 18.4 Å². The summed E-state index contributed by atoms with van der Waals surface area (Å²) >= 11 is 6.07. The first-order chi connectivity index (χ1) is 6.33. The summed E-state index contributed by atoms with van der Waals surface area (Å²) in [6, 6.07) is 6.17. The molecule has 0 unspecified atom stereocenters. The maximum absolute atomic E-state index is 6.07. The van der Waals surface area contributed by atoms with Crippen LogP contribution in [0.2, 0.25) is 5.02 Å². The van der Waals surface area contributed by atoms with Gasteiger partial charge in [0.1, 0.15) is 0 Å². The molecule has 1 aliphatic heterocycles. The van der Waals surface area contributed by atoms with Gasteiger partial charge in [-0.1, -0.05) is 37.1 Å². The van der Waals surface area contributed by atoms with E-state index in [4.69, 9.17) is 11.6 Å². The van der Waals surface area contributed by atoms with Gasteiger partial charge in [-0.05, 0) is 18.1 Å². The van der Waals surface area contributed by atoms with Crippen LogP contribution in [0.5, 0.6) is 0 Å². The first-order valence-corrected chi connectivity index (χ1v) is 5.23. The van der Waals surface area contributed by atoms with Gasteiger partial charge in [0.15, 0.2) is 0 Å². The fourth-order valence-corrected chi connectivity index (χ4v) is 2.26. The summed E-state index contributed by atoms with van der Waals surface area (Å²) in [5.74, 6) is 0.665. The minimum Gasteiger partial charge on any atom is -0.383 e. The van der Waals surface area contributed by atoms with E-state index in [1.807, 2.05) is 12.1 Å². The Morgan fingerprint density at radius 3 is 3.15 bits per heavy atom. The standard InChI is InChI=1S/C11H14ClN/c1-2-4-8-7-13-11-9(8)5-3-6-10(11)12/h3,5-6,8,13H,2,4,7H2,1H3/t8-/m1/s1. The third kappa shape index (κ3) is 1.53. The molecule has 1 aliphatic rings. The van der Waals surface area contributed by atoms with Gasteiger partial charge in [-0.2, -0.15) is 0 Å². The van der Waals surface area contributed by atoms with E-state index in [0.29, 0.717) is 5.92 Å². The summed E-state index contributed by atoms with van der Waals surface area (Å²) in [6.07, 6.45) is 2.48. The maximum atomic E-state index is 6.07.